The summed E-state index contributed by atoms with van der Waals surface area (Å²) >= 11 is 0. The fourth-order valence-electron chi connectivity index (χ4n) is 3.31. The topological polar surface area (TPSA) is 85.3 Å². The van der Waals surface area contributed by atoms with Gasteiger partial charge in [-0.15, -0.1) is 0 Å². The molecule has 7 heteroatoms. The fraction of sp³-hybridized carbons (Fsp3) is 0.529. The van der Waals surface area contributed by atoms with E-state index < -0.39 is 35.7 Å². The maximum Gasteiger partial charge on any atom is 0.337 e. The number of esters is 1. The van der Waals surface area contributed by atoms with E-state index in [2.05, 4.69) is 0 Å². The molecule has 0 radical (unpaired) electrons. The standard InChI is InChI=1S/C17H23NO6/c1-16(24-10-12-8-6-5-7-9-12)13(22-3)14(20)18(2)17(16,11-19)15(21)23-4/h5-9,13,19H,10-11H2,1-4H3/t13-,16+,17+/m0/s1. The van der Waals surface area contributed by atoms with Gasteiger partial charge in [0.25, 0.3) is 5.91 Å². The highest BCUT2D eigenvalue weighted by molar-refractivity contribution is 5.97. The molecule has 3 atom stereocenters. The highest BCUT2D eigenvalue weighted by Crippen LogP contribution is 2.43. The molecular weight excluding hydrogens is 314 g/mol. The van der Waals surface area contributed by atoms with E-state index in [9.17, 15) is 14.7 Å². The minimum absolute atomic E-state index is 0.150. The van der Waals surface area contributed by atoms with Crippen LogP contribution in [0.3, 0.4) is 0 Å². The van der Waals surface area contributed by atoms with Gasteiger partial charge >= 0.3 is 5.97 Å². The molecule has 0 aliphatic carbocycles. The van der Waals surface area contributed by atoms with Crippen LogP contribution in [-0.2, 0) is 30.4 Å². The summed E-state index contributed by atoms with van der Waals surface area (Å²) < 4.78 is 16.2. The minimum atomic E-state index is -1.69. The van der Waals surface area contributed by atoms with E-state index in [0.717, 1.165) is 10.5 Å². The zero-order valence-electron chi connectivity index (χ0n) is 14.3. The molecule has 1 aromatic rings. The van der Waals surface area contributed by atoms with Crippen LogP contribution in [0.5, 0.6) is 0 Å². The van der Waals surface area contributed by atoms with Crippen molar-refractivity contribution in [3.63, 3.8) is 0 Å². The number of ether oxygens (including phenoxy) is 3. The van der Waals surface area contributed by atoms with E-state index in [1.807, 2.05) is 30.3 Å². The van der Waals surface area contributed by atoms with E-state index in [1.165, 1.54) is 21.3 Å². The van der Waals surface area contributed by atoms with Crippen molar-refractivity contribution >= 4 is 11.9 Å². The summed E-state index contributed by atoms with van der Waals surface area (Å²) in [6, 6.07) is 9.33. The van der Waals surface area contributed by atoms with E-state index >= 15 is 0 Å². The third-order valence-corrected chi connectivity index (χ3v) is 4.82. The van der Waals surface area contributed by atoms with Crippen LogP contribution in [0, 0.1) is 0 Å². The van der Waals surface area contributed by atoms with Crippen LogP contribution < -0.4 is 0 Å². The Balaban J connectivity index is 2.46. The molecule has 1 amide bonds. The molecule has 2 rings (SSSR count). The lowest BCUT2D eigenvalue weighted by Gasteiger charge is -2.43. The number of aliphatic hydroxyl groups excluding tert-OH is 1. The Morgan fingerprint density at radius 1 is 1.29 bits per heavy atom. The van der Waals surface area contributed by atoms with Crippen LogP contribution in [0.2, 0.25) is 0 Å². The first-order valence-corrected chi connectivity index (χ1v) is 7.56. The van der Waals surface area contributed by atoms with Crippen molar-refractivity contribution in [2.24, 2.45) is 0 Å². The number of likely N-dealkylation sites (N-methyl/N-ethyl adjacent to an activating group) is 1. The van der Waals surface area contributed by atoms with Crippen LogP contribution in [0.1, 0.15) is 12.5 Å². The number of hydrogen-bond donors (Lipinski definition) is 1. The van der Waals surface area contributed by atoms with Gasteiger partial charge in [0.05, 0.1) is 20.3 Å². The lowest BCUT2D eigenvalue weighted by atomic mass is 9.80. The molecule has 1 heterocycles. The summed E-state index contributed by atoms with van der Waals surface area (Å²) in [5.74, 6) is -1.21. The van der Waals surface area contributed by atoms with Gasteiger partial charge in [-0.1, -0.05) is 30.3 Å². The van der Waals surface area contributed by atoms with Crippen molar-refractivity contribution in [2.45, 2.75) is 30.8 Å². The van der Waals surface area contributed by atoms with Crippen LogP contribution in [0.15, 0.2) is 30.3 Å². The molecule has 1 aliphatic rings. The Morgan fingerprint density at radius 2 is 1.92 bits per heavy atom. The number of carbonyl (C=O) groups excluding carboxylic acids is 2. The second kappa shape index (κ2) is 6.88. The molecule has 1 aliphatic heterocycles. The van der Waals surface area contributed by atoms with E-state index in [0.29, 0.717) is 0 Å². The average Bonchev–Trinajstić information content (AvgIpc) is 2.77. The molecular formula is C17H23NO6. The van der Waals surface area contributed by atoms with Gasteiger partial charge < -0.3 is 24.2 Å². The smallest absolute Gasteiger partial charge is 0.337 e. The van der Waals surface area contributed by atoms with Gasteiger partial charge in [0.2, 0.25) is 0 Å². The normalized spacial score (nSPS) is 29.8. The summed E-state index contributed by atoms with van der Waals surface area (Å²) in [4.78, 5) is 26.2. The molecule has 1 fully saturated rings. The molecule has 1 aromatic carbocycles. The Morgan fingerprint density at radius 3 is 2.42 bits per heavy atom. The van der Waals surface area contributed by atoms with Gasteiger partial charge in [0.1, 0.15) is 5.60 Å². The molecule has 7 nitrogen and oxygen atoms in total. The highest BCUT2D eigenvalue weighted by atomic mass is 16.6. The number of hydrogen-bond acceptors (Lipinski definition) is 6. The molecule has 0 unspecified atom stereocenters. The number of rotatable bonds is 6. The molecule has 132 valence electrons. The summed E-state index contributed by atoms with van der Waals surface area (Å²) in [5, 5.41) is 10.0. The van der Waals surface area contributed by atoms with Gasteiger partial charge in [-0.3, -0.25) is 4.79 Å². The van der Waals surface area contributed by atoms with E-state index in [1.54, 1.807) is 6.92 Å². The van der Waals surface area contributed by atoms with Gasteiger partial charge in [-0.25, -0.2) is 4.79 Å². The van der Waals surface area contributed by atoms with Crippen LogP contribution in [-0.4, -0.2) is 67.0 Å². The molecule has 24 heavy (non-hydrogen) atoms. The van der Waals surface area contributed by atoms with Crippen molar-refractivity contribution in [1.29, 1.82) is 0 Å². The summed E-state index contributed by atoms with van der Waals surface area (Å²) in [6.07, 6.45) is -1.04. The van der Waals surface area contributed by atoms with Crippen LogP contribution >= 0.6 is 0 Å². The first-order valence-electron chi connectivity index (χ1n) is 7.56. The maximum absolute atomic E-state index is 12.6. The third kappa shape index (κ3) is 2.49. The highest BCUT2D eigenvalue weighted by Gasteiger charge is 2.71. The summed E-state index contributed by atoms with van der Waals surface area (Å²) in [6.45, 7) is 1.09. The number of amides is 1. The molecule has 0 aromatic heterocycles. The average molecular weight is 337 g/mol. The van der Waals surface area contributed by atoms with Crippen molar-refractivity contribution in [3.8, 4) is 0 Å². The minimum Gasteiger partial charge on any atom is -0.467 e. The number of carbonyl (C=O) groups is 2. The predicted octanol–water partition coefficient (Wildman–Crippen LogP) is 0.353. The van der Waals surface area contributed by atoms with Crippen molar-refractivity contribution in [1.82, 2.24) is 4.90 Å². The second-order valence-corrected chi connectivity index (χ2v) is 5.90. The van der Waals surface area contributed by atoms with Gasteiger partial charge in [-0.2, -0.15) is 0 Å². The van der Waals surface area contributed by atoms with Crippen molar-refractivity contribution < 1.29 is 28.9 Å². The third-order valence-electron chi connectivity index (χ3n) is 4.82. The lowest BCUT2D eigenvalue weighted by molar-refractivity contribution is -0.192. The molecule has 0 saturated carbocycles. The van der Waals surface area contributed by atoms with Crippen LogP contribution in [0.25, 0.3) is 0 Å². The number of nitrogens with zero attached hydrogens (tertiary/aromatic N) is 1. The predicted molar refractivity (Wildman–Crippen MR) is 85.0 cm³/mol. The Labute approximate surface area is 141 Å². The molecule has 1 saturated heterocycles. The fourth-order valence-corrected chi connectivity index (χ4v) is 3.31. The SMILES string of the molecule is COC(=O)[C@@]1(CO)N(C)C(=O)[C@H](OC)[C@@]1(C)OCc1ccccc1. The van der Waals surface area contributed by atoms with E-state index in [4.69, 9.17) is 14.2 Å². The van der Waals surface area contributed by atoms with Crippen molar-refractivity contribution in [2.75, 3.05) is 27.9 Å². The maximum atomic E-state index is 12.6. The Kier molecular flexibility index (Phi) is 5.27. The number of benzene rings is 1. The number of likely N-dealkylation sites (tertiary alicyclic amines) is 1. The monoisotopic (exact) mass is 337 g/mol. The lowest BCUT2D eigenvalue weighted by Crippen LogP contribution is -2.67. The van der Waals surface area contributed by atoms with E-state index in [-0.39, 0.29) is 6.61 Å². The largest absolute Gasteiger partial charge is 0.467 e. The second-order valence-electron chi connectivity index (χ2n) is 5.90. The van der Waals surface area contributed by atoms with Crippen molar-refractivity contribution in [3.05, 3.63) is 35.9 Å². The molecule has 0 spiro atoms. The number of aliphatic hydroxyl groups is 1. The zero-order valence-corrected chi connectivity index (χ0v) is 14.3. The van der Waals surface area contributed by atoms with Gasteiger partial charge in [0, 0.05) is 14.2 Å². The Bertz CT molecular complexity index is 606. The summed E-state index contributed by atoms with van der Waals surface area (Å²) in [7, 11) is 4.00. The number of methoxy groups -OCH3 is 2. The quantitative estimate of drug-likeness (QED) is 0.754. The first kappa shape index (κ1) is 18.4. The first-order chi connectivity index (χ1) is 11.4. The molecule has 1 N–H and O–H groups in total. The summed E-state index contributed by atoms with van der Waals surface area (Å²) in [5.41, 5.74) is -2.24. The molecule has 0 bridgehead atoms. The zero-order chi connectivity index (χ0) is 18.0. The van der Waals surface area contributed by atoms with Gasteiger partial charge in [0.15, 0.2) is 11.6 Å². The van der Waals surface area contributed by atoms with Crippen LogP contribution in [0.4, 0.5) is 0 Å². The van der Waals surface area contributed by atoms with Gasteiger partial charge in [-0.05, 0) is 12.5 Å². The Hall–Kier alpha value is -1.96.